The van der Waals surface area contributed by atoms with Crippen molar-refractivity contribution < 1.29 is 4.74 Å². The second kappa shape index (κ2) is 10.7. The molecule has 0 radical (unpaired) electrons. The van der Waals surface area contributed by atoms with E-state index in [9.17, 15) is 0 Å². The maximum atomic E-state index is 5.99. The zero-order valence-corrected chi connectivity index (χ0v) is 14.4. The molecule has 21 heavy (non-hydrogen) atoms. The lowest BCUT2D eigenvalue weighted by atomic mass is 10.1. The largest absolute Gasteiger partial charge is 0.493 e. The summed E-state index contributed by atoms with van der Waals surface area (Å²) >= 11 is 0. The lowest BCUT2D eigenvalue weighted by Gasteiger charge is -2.14. The first kappa shape index (κ1) is 18.0. The molecular formula is C19H33NO. The third-order valence-electron chi connectivity index (χ3n) is 3.67. The van der Waals surface area contributed by atoms with E-state index in [-0.39, 0.29) is 0 Å². The molecule has 0 saturated heterocycles. The summed E-state index contributed by atoms with van der Waals surface area (Å²) in [4.78, 5) is 0. The van der Waals surface area contributed by atoms with Crippen molar-refractivity contribution in [2.45, 2.75) is 78.8 Å². The number of rotatable bonds is 11. The minimum atomic E-state index is 0.497. The molecule has 0 amide bonds. The van der Waals surface area contributed by atoms with Crippen LogP contribution >= 0.6 is 0 Å². The Hall–Kier alpha value is -1.02. The molecule has 0 fully saturated rings. The molecule has 1 rings (SSSR count). The molecule has 1 aromatic rings. The summed E-state index contributed by atoms with van der Waals surface area (Å²) in [5.41, 5.74) is 2.57. The van der Waals surface area contributed by atoms with Gasteiger partial charge in [-0.2, -0.15) is 0 Å². The van der Waals surface area contributed by atoms with Crippen LogP contribution in [0.15, 0.2) is 18.2 Å². The van der Waals surface area contributed by atoms with E-state index in [1.165, 1.54) is 43.2 Å². The molecule has 0 saturated carbocycles. The number of unbranched alkanes of at least 4 members (excludes halogenated alkanes) is 5. The molecule has 0 bridgehead atoms. The van der Waals surface area contributed by atoms with Gasteiger partial charge in [0.1, 0.15) is 5.75 Å². The van der Waals surface area contributed by atoms with Crippen LogP contribution in [0.5, 0.6) is 5.75 Å². The van der Waals surface area contributed by atoms with Crippen molar-refractivity contribution in [1.82, 2.24) is 5.32 Å². The van der Waals surface area contributed by atoms with Crippen molar-refractivity contribution in [3.8, 4) is 5.75 Å². The number of hydrogen-bond donors (Lipinski definition) is 1. The first-order chi connectivity index (χ1) is 10.1. The van der Waals surface area contributed by atoms with Gasteiger partial charge < -0.3 is 10.1 Å². The van der Waals surface area contributed by atoms with Gasteiger partial charge in [0.2, 0.25) is 0 Å². The average molecular weight is 291 g/mol. The van der Waals surface area contributed by atoms with Gasteiger partial charge in [0.15, 0.2) is 0 Å². The Morgan fingerprint density at radius 2 is 1.76 bits per heavy atom. The number of nitrogens with one attached hydrogen (secondary N) is 1. The third kappa shape index (κ3) is 8.11. The highest BCUT2D eigenvalue weighted by atomic mass is 16.5. The summed E-state index contributed by atoms with van der Waals surface area (Å²) in [6.07, 6.45) is 7.83. The highest BCUT2D eigenvalue weighted by molar-refractivity contribution is 5.36. The van der Waals surface area contributed by atoms with Crippen molar-refractivity contribution in [3.05, 3.63) is 29.3 Å². The van der Waals surface area contributed by atoms with Gasteiger partial charge in [-0.1, -0.05) is 70.6 Å². The molecule has 0 heterocycles. The Balaban J connectivity index is 2.35. The van der Waals surface area contributed by atoms with E-state index >= 15 is 0 Å². The van der Waals surface area contributed by atoms with Crippen molar-refractivity contribution in [3.63, 3.8) is 0 Å². The maximum absolute atomic E-state index is 5.99. The molecule has 2 heteroatoms. The third-order valence-corrected chi connectivity index (χ3v) is 3.67. The predicted octanol–water partition coefficient (Wildman–Crippen LogP) is 5.23. The number of hydrogen-bond acceptors (Lipinski definition) is 2. The summed E-state index contributed by atoms with van der Waals surface area (Å²) in [7, 11) is 0. The number of ether oxygens (including phenoxy) is 1. The van der Waals surface area contributed by atoms with Crippen LogP contribution in [0.25, 0.3) is 0 Å². The van der Waals surface area contributed by atoms with Crippen LogP contribution in [0.3, 0.4) is 0 Å². The Morgan fingerprint density at radius 3 is 2.48 bits per heavy atom. The van der Waals surface area contributed by atoms with Crippen molar-refractivity contribution in [1.29, 1.82) is 0 Å². The van der Waals surface area contributed by atoms with Crippen LogP contribution in [0, 0.1) is 6.92 Å². The topological polar surface area (TPSA) is 21.3 Å². The fourth-order valence-electron chi connectivity index (χ4n) is 2.37. The van der Waals surface area contributed by atoms with Crippen LogP contribution < -0.4 is 10.1 Å². The smallest absolute Gasteiger partial charge is 0.123 e. The van der Waals surface area contributed by atoms with Crippen LogP contribution in [0.1, 0.15) is 70.4 Å². The molecule has 0 spiro atoms. The summed E-state index contributed by atoms with van der Waals surface area (Å²) in [5, 5.41) is 3.47. The van der Waals surface area contributed by atoms with E-state index in [2.05, 4.69) is 51.2 Å². The van der Waals surface area contributed by atoms with E-state index in [1.54, 1.807) is 0 Å². The van der Waals surface area contributed by atoms with Gasteiger partial charge in [-0.3, -0.25) is 0 Å². The monoisotopic (exact) mass is 291 g/mol. The Bertz CT molecular complexity index is 387. The molecule has 120 valence electrons. The second-order valence-corrected chi connectivity index (χ2v) is 6.26. The Morgan fingerprint density at radius 1 is 1.05 bits per heavy atom. The maximum Gasteiger partial charge on any atom is 0.123 e. The zero-order chi connectivity index (χ0) is 15.5. The number of benzene rings is 1. The van der Waals surface area contributed by atoms with E-state index in [1.807, 2.05) is 0 Å². The molecule has 0 atom stereocenters. The van der Waals surface area contributed by atoms with Gasteiger partial charge in [0.25, 0.3) is 0 Å². The normalized spacial score (nSPS) is 11.1. The van der Waals surface area contributed by atoms with Gasteiger partial charge in [0.05, 0.1) is 6.61 Å². The second-order valence-electron chi connectivity index (χ2n) is 6.26. The van der Waals surface area contributed by atoms with Gasteiger partial charge in [-0.05, 0) is 19.4 Å². The summed E-state index contributed by atoms with van der Waals surface area (Å²) in [6, 6.07) is 6.97. The van der Waals surface area contributed by atoms with Crippen LogP contribution in [0.2, 0.25) is 0 Å². The first-order valence-electron chi connectivity index (χ1n) is 8.59. The lowest BCUT2D eigenvalue weighted by molar-refractivity contribution is 0.300. The summed E-state index contributed by atoms with van der Waals surface area (Å²) < 4.78 is 5.99. The molecule has 0 aliphatic rings. The Kier molecular flexibility index (Phi) is 9.16. The average Bonchev–Trinajstić information content (AvgIpc) is 2.45. The van der Waals surface area contributed by atoms with E-state index in [0.717, 1.165) is 25.3 Å². The molecule has 0 aliphatic carbocycles. The van der Waals surface area contributed by atoms with E-state index in [0.29, 0.717) is 6.04 Å². The number of aryl methyl sites for hydroxylation is 1. The lowest BCUT2D eigenvalue weighted by Crippen LogP contribution is -2.22. The van der Waals surface area contributed by atoms with E-state index in [4.69, 9.17) is 4.74 Å². The van der Waals surface area contributed by atoms with Crippen molar-refractivity contribution in [2.24, 2.45) is 0 Å². The van der Waals surface area contributed by atoms with Gasteiger partial charge in [0, 0.05) is 18.2 Å². The van der Waals surface area contributed by atoms with Crippen LogP contribution in [-0.4, -0.2) is 12.6 Å². The molecule has 0 unspecified atom stereocenters. The molecule has 0 aliphatic heterocycles. The first-order valence-corrected chi connectivity index (χ1v) is 8.59. The highest BCUT2D eigenvalue weighted by Crippen LogP contribution is 2.20. The zero-order valence-electron chi connectivity index (χ0n) is 14.4. The van der Waals surface area contributed by atoms with Crippen molar-refractivity contribution >= 4 is 0 Å². The summed E-state index contributed by atoms with van der Waals surface area (Å²) in [5.74, 6) is 1.04. The molecular weight excluding hydrogens is 258 g/mol. The van der Waals surface area contributed by atoms with Crippen LogP contribution in [0.4, 0.5) is 0 Å². The fourth-order valence-corrected chi connectivity index (χ4v) is 2.37. The fraction of sp³-hybridized carbons (Fsp3) is 0.684. The summed E-state index contributed by atoms with van der Waals surface area (Å²) in [6.45, 7) is 10.5. The quantitative estimate of drug-likeness (QED) is 0.563. The molecule has 1 aromatic carbocycles. The van der Waals surface area contributed by atoms with Crippen LogP contribution in [-0.2, 0) is 6.54 Å². The molecule has 2 nitrogen and oxygen atoms in total. The van der Waals surface area contributed by atoms with E-state index < -0.39 is 0 Å². The minimum absolute atomic E-state index is 0.497. The SMILES string of the molecule is CCCCCCCCOc1ccc(C)cc1CNC(C)C. The van der Waals surface area contributed by atoms with Gasteiger partial charge in [-0.25, -0.2) is 0 Å². The Labute approximate surface area is 131 Å². The standard InChI is InChI=1S/C19H33NO/c1-5-6-7-8-9-10-13-21-19-12-11-17(4)14-18(19)15-20-16(2)3/h11-12,14,16,20H,5-10,13,15H2,1-4H3. The molecule has 1 N–H and O–H groups in total. The minimum Gasteiger partial charge on any atom is -0.493 e. The van der Waals surface area contributed by atoms with Gasteiger partial charge in [-0.15, -0.1) is 0 Å². The predicted molar refractivity (Wildman–Crippen MR) is 92.0 cm³/mol. The molecule has 0 aromatic heterocycles. The highest BCUT2D eigenvalue weighted by Gasteiger charge is 2.05. The van der Waals surface area contributed by atoms with Crippen molar-refractivity contribution in [2.75, 3.05) is 6.61 Å². The van der Waals surface area contributed by atoms with Gasteiger partial charge >= 0.3 is 0 Å².